The molecule has 0 bridgehead atoms. The SMILES string of the molecule is Cc1nnc(NCc2ccoc2)n1C. The van der Waals surface area contributed by atoms with E-state index in [-0.39, 0.29) is 0 Å². The molecule has 0 aliphatic carbocycles. The van der Waals surface area contributed by atoms with E-state index in [2.05, 4.69) is 15.5 Å². The van der Waals surface area contributed by atoms with Crippen LogP contribution in [0.25, 0.3) is 0 Å². The van der Waals surface area contributed by atoms with Gasteiger partial charge in [0.15, 0.2) is 0 Å². The van der Waals surface area contributed by atoms with Crippen LogP contribution in [0.1, 0.15) is 11.4 Å². The van der Waals surface area contributed by atoms with Crippen LogP contribution >= 0.6 is 0 Å². The number of aryl methyl sites for hydroxylation is 1. The molecule has 0 saturated heterocycles. The lowest BCUT2D eigenvalue weighted by Gasteiger charge is -2.03. The van der Waals surface area contributed by atoms with E-state index in [0.717, 1.165) is 17.3 Å². The van der Waals surface area contributed by atoms with Gasteiger partial charge in [-0.05, 0) is 13.0 Å². The van der Waals surface area contributed by atoms with E-state index in [1.165, 1.54) is 0 Å². The van der Waals surface area contributed by atoms with Crippen molar-refractivity contribution < 1.29 is 4.42 Å². The summed E-state index contributed by atoms with van der Waals surface area (Å²) in [6, 6.07) is 1.91. The molecular formula is C9H12N4O. The molecule has 2 aromatic rings. The molecule has 0 aliphatic rings. The summed E-state index contributed by atoms with van der Waals surface area (Å²) in [7, 11) is 1.92. The summed E-state index contributed by atoms with van der Waals surface area (Å²) >= 11 is 0. The van der Waals surface area contributed by atoms with Gasteiger partial charge in [0.25, 0.3) is 0 Å². The van der Waals surface area contributed by atoms with Crippen molar-refractivity contribution in [3.63, 3.8) is 0 Å². The van der Waals surface area contributed by atoms with E-state index in [1.54, 1.807) is 12.5 Å². The smallest absolute Gasteiger partial charge is 0.224 e. The Balaban J connectivity index is 2.02. The fourth-order valence-electron chi connectivity index (χ4n) is 1.14. The molecule has 2 heterocycles. The molecule has 0 amide bonds. The molecule has 1 N–H and O–H groups in total. The predicted octanol–water partition coefficient (Wildman–Crippen LogP) is 1.33. The van der Waals surface area contributed by atoms with Crippen LogP contribution in [-0.4, -0.2) is 14.8 Å². The molecule has 0 spiro atoms. The third-order valence-electron chi connectivity index (χ3n) is 2.12. The van der Waals surface area contributed by atoms with Gasteiger partial charge in [0.2, 0.25) is 5.95 Å². The van der Waals surface area contributed by atoms with Gasteiger partial charge in [-0.3, -0.25) is 0 Å². The monoisotopic (exact) mass is 192 g/mol. The van der Waals surface area contributed by atoms with Crippen LogP contribution in [0.5, 0.6) is 0 Å². The van der Waals surface area contributed by atoms with Crippen molar-refractivity contribution in [1.29, 1.82) is 0 Å². The van der Waals surface area contributed by atoms with Gasteiger partial charge in [-0.2, -0.15) is 0 Å². The van der Waals surface area contributed by atoms with Gasteiger partial charge in [0.05, 0.1) is 12.5 Å². The molecular weight excluding hydrogens is 180 g/mol. The topological polar surface area (TPSA) is 55.9 Å². The lowest BCUT2D eigenvalue weighted by Crippen LogP contribution is -2.04. The van der Waals surface area contributed by atoms with Gasteiger partial charge in [-0.15, -0.1) is 10.2 Å². The number of rotatable bonds is 3. The zero-order chi connectivity index (χ0) is 9.97. The van der Waals surface area contributed by atoms with Gasteiger partial charge >= 0.3 is 0 Å². The average molecular weight is 192 g/mol. The molecule has 74 valence electrons. The van der Waals surface area contributed by atoms with Crippen molar-refractivity contribution >= 4 is 5.95 Å². The van der Waals surface area contributed by atoms with Crippen LogP contribution in [0.3, 0.4) is 0 Å². The highest BCUT2D eigenvalue weighted by Gasteiger charge is 2.03. The number of furan rings is 1. The first kappa shape index (κ1) is 8.80. The quantitative estimate of drug-likeness (QED) is 0.797. The molecule has 0 fully saturated rings. The summed E-state index contributed by atoms with van der Waals surface area (Å²) in [5.41, 5.74) is 1.09. The first-order chi connectivity index (χ1) is 6.77. The molecule has 0 unspecified atom stereocenters. The normalized spacial score (nSPS) is 10.4. The first-order valence-electron chi connectivity index (χ1n) is 4.38. The van der Waals surface area contributed by atoms with Gasteiger partial charge < -0.3 is 14.3 Å². The summed E-state index contributed by atoms with van der Waals surface area (Å²) in [6.07, 6.45) is 3.36. The Labute approximate surface area is 81.8 Å². The summed E-state index contributed by atoms with van der Waals surface area (Å²) in [6.45, 7) is 2.61. The zero-order valence-corrected chi connectivity index (χ0v) is 8.19. The van der Waals surface area contributed by atoms with Crippen molar-refractivity contribution in [2.75, 3.05) is 5.32 Å². The Morgan fingerprint density at radius 3 is 2.93 bits per heavy atom. The summed E-state index contributed by atoms with van der Waals surface area (Å²) < 4.78 is 6.86. The Kier molecular flexibility index (Phi) is 2.22. The van der Waals surface area contributed by atoms with Crippen LogP contribution in [0, 0.1) is 6.92 Å². The lowest BCUT2D eigenvalue weighted by atomic mass is 10.3. The van der Waals surface area contributed by atoms with E-state index in [1.807, 2.05) is 24.6 Å². The number of nitrogens with one attached hydrogen (secondary N) is 1. The standard InChI is InChI=1S/C9H12N4O/c1-7-11-12-9(13(7)2)10-5-8-3-4-14-6-8/h3-4,6H,5H2,1-2H3,(H,10,12). The fourth-order valence-corrected chi connectivity index (χ4v) is 1.14. The second-order valence-electron chi connectivity index (χ2n) is 3.11. The molecule has 0 aliphatic heterocycles. The number of anilines is 1. The van der Waals surface area contributed by atoms with Crippen LogP contribution in [-0.2, 0) is 13.6 Å². The predicted molar refractivity (Wildman–Crippen MR) is 51.8 cm³/mol. The molecule has 0 aromatic carbocycles. The Morgan fingerprint density at radius 1 is 1.50 bits per heavy atom. The third kappa shape index (κ3) is 1.61. The van der Waals surface area contributed by atoms with Crippen LogP contribution in [0.2, 0.25) is 0 Å². The number of hydrogen-bond acceptors (Lipinski definition) is 4. The highest BCUT2D eigenvalue weighted by molar-refractivity contribution is 5.26. The van der Waals surface area contributed by atoms with E-state index in [0.29, 0.717) is 6.54 Å². The largest absolute Gasteiger partial charge is 0.472 e. The highest BCUT2D eigenvalue weighted by atomic mass is 16.3. The third-order valence-corrected chi connectivity index (χ3v) is 2.12. The van der Waals surface area contributed by atoms with Crippen molar-refractivity contribution in [2.24, 2.45) is 7.05 Å². The van der Waals surface area contributed by atoms with E-state index in [4.69, 9.17) is 4.42 Å². The van der Waals surface area contributed by atoms with Crippen molar-refractivity contribution in [3.05, 3.63) is 30.0 Å². The highest BCUT2D eigenvalue weighted by Crippen LogP contribution is 2.06. The molecule has 5 nitrogen and oxygen atoms in total. The molecule has 14 heavy (non-hydrogen) atoms. The fraction of sp³-hybridized carbons (Fsp3) is 0.333. The molecule has 0 radical (unpaired) electrons. The minimum atomic E-state index is 0.697. The van der Waals surface area contributed by atoms with Gasteiger partial charge in [-0.25, -0.2) is 0 Å². The minimum Gasteiger partial charge on any atom is -0.472 e. The van der Waals surface area contributed by atoms with Gasteiger partial charge in [0, 0.05) is 19.2 Å². The van der Waals surface area contributed by atoms with Crippen molar-refractivity contribution in [3.8, 4) is 0 Å². The summed E-state index contributed by atoms with van der Waals surface area (Å²) in [4.78, 5) is 0. The first-order valence-corrected chi connectivity index (χ1v) is 4.38. The molecule has 0 saturated carbocycles. The van der Waals surface area contributed by atoms with Crippen LogP contribution < -0.4 is 5.32 Å². The maximum Gasteiger partial charge on any atom is 0.224 e. The van der Waals surface area contributed by atoms with E-state index in [9.17, 15) is 0 Å². The molecule has 5 heteroatoms. The van der Waals surface area contributed by atoms with Gasteiger partial charge in [0.1, 0.15) is 5.82 Å². The van der Waals surface area contributed by atoms with Crippen molar-refractivity contribution in [1.82, 2.24) is 14.8 Å². The molecule has 2 rings (SSSR count). The zero-order valence-electron chi connectivity index (χ0n) is 8.19. The number of nitrogens with zero attached hydrogens (tertiary/aromatic N) is 3. The Hall–Kier alpha value is -1.78. The minimum absolute atomic E-state index is 0.697. The average Bonchev–Trinajstić information content (AvgIpc) is 2.77. The second-order valence-corrected chi connectivity index (χ2v) is 3.11. The maximum absolute atomic E-state index is 4.96. The second kappa shape index (κ2) is 3.53. The van der Waals surface area contributed by atoms with Crippen LogP contribution in [0.15, 0.2) is 23.0 Å². The van der Waals surface area contributed by atoms with Crippen LogP contribution in [0.4, 0.5) is 5.95 Å². The lowest BCUT2D eigenvalue weighted by molar-refractivity contribution is 0.564. The summed E-state index contributed by atoms with van der Waals surface area (Å²) in [5.74, 6) is 1.66. The summed E-state index contributed by atoms with van der Waals surface area (Å²) in [5, 5.41) is 11.1. The number of hydrogen-bond donors (Lipinski definition) is 1. The Morgan fingerprint density at radius 2 is 2.36 bits per heavy atom. The molecule has 0 atom stereocenters. The van der Waals surface area contributed by atoms with E-state index < -0.39 is 0 Å². The Bertz CT molecular complexity index is 404. The maximum atomic E-state index is 4.96. The molecule has 2 aromatic heterocycles. The van der Waals surface area contributed by atoms with E-state index >= 15 is 0 Å². The van der Waals surface area contributed by atoms with Crippen molar-refractivity contribution in [2.45, 2.75) is 13.5 Å². The van der Waals surface area contributed by atoms with Gasteiger partial charge in [-0.1, -0.05) is 0 Å². The number of aromatic nitrogens is 3.